The highest BCUT2D eigenvalue weighted by atomic mass is 32.2. The van der Waals surface area contributed by atoms with Crippen LogP contribution in [0.5, 0.6) is 0 Å². The first-order valence-corrected chi connectivity index (χ1v) is 12.0. The summed E-state index contributed by atoms with van der Waals surface area (Å²) in [6, 6.07) is 0. The van der Waals surface area contributed by atoms with Crippen molar-refractivity contribution in [1.29, 1.82) is 0 Å². The molecule has 0 saturated heterocycles. The van der Waals surface area contributed by atoms with Crippen LogP contribution in [0.15, 0.2) is 5.16 Å². The van der Waals surface area contributed by atoms with Crippen LogP contribution in [-0.2, 0) is 27.2 Å². The molecule has 11 heteroatoms. The summed E-state index contributed by atoms with van der Waals surface area (Å²) in [5, 5.41) is 12.0. The fraction of sp³-hybridized carbons (Fsp3) is 0.550. The predicted molar refractivity (Wildman–Crippen MR) is 120 cm³/mol. The summed E-state index contributed by atoms with van der Waals surface area (Å²) in [7, 11) is 0. The minimum absolute atomic E-state index is 0.0829. The van der Waals surface area contributed by atoms with Gasteiger partial charge in [0.05, 0.1) is 24.5 Å². The van der Waals surface area contributed by atoms with Gasteiger partial charge >= 0.3 is 11.9 Å². The Hall–Kier alpha value is -2.40. The molecular formula is C20H28N4O5S2. The number of esters is 2. The fourth-order valence-electron chi connectivity index (χ4n) is 2.87. The van der Waals surface area contributed by atoms with Crippen LogP contribution in [-0.4, -0.2) is 51.6 Å². The Morgan fingerprint density at radius 2 is 1.74 bits per heavy atom. The first-order chi connectivity index (χ1) is 14.9. The number of thioether (sulfide) groups is 1. The molecule has 2 heterocycles. The van der Waals surface area contributed by atoms with Crippen molar-refractivity contribution in [3.8, 4) is 0 Å². The molecule has 0 spiro atoms. The highest BCUT2D eigenvalue weighted by molar-refractivity contribution is 7.99. The molecule has 0 unspecified atom stereocenters. The van der Waals surface area contributed by atoms with E-state index in [0.29, 0.717) is 10.7 Å². The van der Waals surface area contributed by atoms with E-state index in [-0.39, 0.29) is 40.3 Å². The lowest BCUT2D eigenvalue weighted by Crippen LogP contribution is -2.17. The minimum atomic E-state index is -0.593. The van der Waals surface area contributed by atoms with Gasteiger partial charge in [-0.05, 0) is 32.8 Å². The van der Waals surface area contributed by atoms with E-state index in [1.54, 1.807) is 20.8 Å². The van der Waals surface area contributed by atoms with Crippen LogP contribution in [0.2, 0.25) is 0 Å². The summed E-state index contributed by atoms with van der Waals surface area (Å²) in [6.07, 6.45) is 1.69. The Balaban J connectivity index is 2.20. The summed E-state index contributed by atoms with van der Waals surface area (Å²) >= 11 is 2.28. The van der Waals surface area contributed by atoms with Crippen LogP contribution in [0, 0.1) is 6.92 Å². The zero-order valence-corrected chi connectivity index (χ0v) is 20.1. The number of anilines is 1. The lowest BCUT2D eigenvalue weighted by molar-refractivity contribution is -0.113. The minimum Gasteiger partial charge on any atom is -0.462 e. The first-order valence-electron chi connectivity index (χ1n) is 10.2. The normalized spacial score (nSPS) is 10.7. The second-order valence-corrected chi connectivity index (χ2v) is 8.41. The van der Waals surface area contributed by atoms with Crippen molar-refractivity contribution in [3.63, 3.8) is 0 Å². The molecule has 31 heavy (non-hydrogen) atoms. The number of carbonyl (C=O) groups excluding carboxylic acids is 3. The van der Waals surface area contributed by atoms with Gasteiger partial charge in [0, 0.05) is 13.0 Å². The maximum atomic E-state index is 12.6. The maximum Gasteiger partial charge on any atom is 0.348 e. The molecule has 9 nitrogen and oxygen atoms in total. The molecule has 2 aromatic heterocycles. The summed E-state index contributed by atoms with van der Waals surface area (Å²) < 4.78 is 12.2. The number of amides is 1. The molecule has 0 saturated carbocycles. The van der Waals surface area contributed by atoms with E-state index < -0.39 is 11.9 Å². The highest BCUT2D eigenvalue weighted by Gasteiger charge is 2.27. The van der Waals surface area contributed by atoms with E-state index >= 15 is 0 Å². The van der Waals surface area contributed by atoms with Crippen molar-refractivity contribution in [2.75, 3.05) is 24.3 Å². The molecule has 2 aromatic rings. The number of hydrogen-bond acceptors (Lipinski definition) is 9. The molecule has 1 amide bonds. The third kappa shape index (κ3) is 6.07. The van der Waals surface area contributed by atoms with Crippen molar-refractivity contribution in [1.82, 2.24) is 14.8 Å². The van der Waals surface area contributed by atoms with E-state index in [4.69, 9.17) is 9.47 Å². The van der Waals surface area contributed by atoms with Crippen LogP contribution in [0.25, 0.3) is 0 Å². The molecule has 170 valence electrons. The topological polar surface area (TPSA) is 112 Å². The number of aryl methyl sites for hydroxylation is 1. The molecule has 0 aliphatic carbocycles. The lowest BCUT2D eigenvalue weighted by atomic mass is 10.1. The van der Waals surface area contributed by atoms with E-state index in [1.165, 1.54) is 11.8 Å². The zero-order valence-electron chi connectivity index (χ0n) is 18.4. The third-order valence-corrected chi connectivity index (χ3v) is 6.38. The third-order valence-electron chi connectivity index (χ3n) is 4.23. The molecular weight excluding hydrogens is 440 g/mol. The van der Waals surface area contributed by atoms with Crippen LogP contribution in [0.1, 0.15) is 65.5 Å². The van der Waals surface area contributed by atoms with Gasteiger partial charge in [0.25, 0.3) is 0 Å². The number of hydrogen-bond donors (Lipinski definition) is 1. The molecule has 0 fully saturated rings. The van der Waals surface area contributed by atoms with Gasteiger partial charge in [-0.15, -0.1) is 21.5 Å². The van der Waals surface area contributed by atoms with E-state index in [9.17, 15) is 14.4 Å². The van der Waals surface area contributed by atoms with Gasteiger partial charge in [-0.3, -0.25) is 4.79 Å². The Morgan fingerprint density at radius 3 is 2.35 bits per heavy atom. The number of nitrogens with zero attached hydrogens (tertiary/aromatic N) is 3. The van der Waals surface area contributed by atoms with Gasteiger partial charge in [-0.1, -0.05) is 25.6 Å². The van der Waals surface area contributed by atoms with Crippen molar-refractivity contribution < 1.29 is 23.9 Å². The summed E-state index contributed by atoms with van der Waals surface area (Å²) in [5.74, 6) is -0.492. The van der Waals surface area contributed by atoms with Gasteiger partial charge in [-0.25, -0.2) is 9.59 Å². The molecule has 0 atom stereocenters. The standard InChI is InChI=1S/C20H28N4O5S2/c1-6-10-24-13(7-2)22-23-20(24)30-11-14(25)21-17-15(18(26)28-8-3)12(5)16(31-17)19(27)29-9-4/h6-11H2,1-5H3,(H,21,25). The molecule has 0 bridgehead atoms. The average Bonchev–Trinajstić information content (AvgIpc) is 3.27. The quantitative estimate of drug-likeness (QED) is 0.392. The molecule has 0 aliphatic heterocycles. The zero-order chi connectivity index (χ0) is 23.0. The fourth-order valence-corrected chi connectivity index (χ4v) is 4.76. The Morgan fingerprint density at radius 1 is 1.06 bits per heavy atom. The summed E-state index contributed by atoms with van der Waals surface area (Å²) in [5.41, 5.74) is 0.607. The number of thiophene rings is 1. The van der Waals surface area contributed by atoms with Crippen LogP contribution < -0.4 is 5.32 Å². The second kappa shape index (κ2) is 11.8. The number of aromatic nitrogens is 3. The summed E-state index contributed by atoms with van der Waals surface area (Å²) in [6.45, 7) is 10.3. The average molecular weight is 469 g/mol. The molecule has 1 N–H and O–H groups in total. The van der Waals surface area contributed by atoms with E-state index in [1.807, 2.05) is 11.5 Å². The molecule has 0 radical (unpaired) electrons. The van der Waals surface area contributed by atoms with Gasteiger partial charge in [0.2, 0.25) is 5.91 Å². The molecule has 2 rings (SSSR count). The number of rotatable bonds is 11. The van der Waals surface area contributed by atoms with E-state index in [0.717, 1.165) is 36.5 Å². The van der Waals surface area contributed by atoms with Crippen molar-refractivity contribution >= 4 is 45.9 Å². The van der Waals surface area contributed by atoms with Crippen LogP contribution in [0.4, 0.5) is 5.00 Å². The van der Waals surface area contributed by atoms with Gasteiger partial charge in [0.1, 0.15) is 15.7 Å². The predicted octanol–water partition coefficient (Wildman–Crippen LogP) is 3.70. The Bertz CT molecular complexity index is 938. The Labute approximate surface area is 189 Å². The maximum absolute atomic E-state index is 12.6. The first kappa shape index (κ1) is 24.9. The molecule has 0 aromatic carbocycles. The van der Waals surface area contributed by atoms with Crippen molar-refractivity contribution in [2.24, 2.45) is 0 Å². The highest BCUT2D eigenvalue weighted by Crippen LogP contribution is 2.34. The van der Waals surface area contributed by atoms with Crippen molar-refractivity contribution in [3.05, 3.63) is 21.8 Å². The Kier molecular flexibility index (Phi) is 9.50. The number of carbonyl (C=O) groups is 3. The number of nitrogens with one attached hydrogen (secondary N) is 1. The van der Waals surface area contributed by atoms with Crippen LogP contribution >= 0.6 is 23.1 Å². The van der Waals surface area contributed by atoms with E-state index in [2.05, 4.69) is 22.4 Å². The summed E-state index contributed by atoms with van der Waals surface area (Å²) in [4.78, 5) is 37.6. The van der Waals surface area contributed by atoms with Gasteiger partial charge < -0.3 is 19.4 Å². The second-order valence-electron chi connectivity index (χ2n) is 6.44. The largest absolute Gasteiger partial charge is 0.462 e. The van der Waals surface area contributed by atoms with Gasteiger partial charge in [0.15, 0.2) is 5.16 Å². The molecule has 0 aliphatic rings. The SMILES string of the molecule is CCCn1c(CC)nnc1SCC(=O)Nc1sc(C(=O)OCC)c(C)c1C(=O)OCC. The van der Waals surface area contributed by atoms with Crippen LogP contribution in [0.3, 0.4) is 0 Å². The monoisotopic (exact) mass is 468 g/mol. The number of ether oxygens (including phenoxy) is 2. The smallest absolute Gasteiger partial charge is 0.348 e. The van der Waals surface area contributed by atoms with Gasteiger partial charge in [-0.2, -0.15) is 0 Å². The lowest BCUT2D eigenvalue weighted by Gasteiger charge is -2.08. The van der Waals surface area contributed by atoms with Crippen molar-refractivity contribution in [2.45, 2.75) is 59.2 Å².